The summed E-state index contributed by atoms with van der Waals surface area (Å²) in [6, 6.07) is 4.92. The van der Waals surface area contributed by atoms with Gasteiger partial charge in [0.2, 0.25) is 5.13 Å². The van der Waals surface area contributed by atoms with E-state index in [0.717, 1.165) is 36.9 Å². The van der Waals surface area contributed by atoms with Crippen LogP contribution in [0.1, 0.15) is 30.7 Å². The Kier molecular flexibility index (Phi) is 5.99. The molecule has 2 aromatic rings. The van der Waals surface area contributed by atoms with E-state index in [2.05, 4.69) is 14.3 Å². The van der Waals surface area contributed by atoms with Crippen LogP contribution < -0.4 is 9.64 Å². The van der Waals surface area contributed by atoms with Gasteiger partial charge < -0.3 is 14.7 Å². The Bertz CT molecular complexity index is 738. The smallest absolute Gasteiger partial charge is 0.205 e. The number of aryl methyl sites for hydroxylation is 1. The summed E-state index contributed by atoms with van der Waals surface area (Å²) < 4.78 is 23.9. The topological polar surface area (TPSA) is 58.5 Å². The predicted octanol–water partition coefficient (Wildman–Crippen LogP) is 3.43. The van der Waals surface area contributed by atoms with Gasteiger partial charge in [0, 0.05) is 49.3 Å². The minimum absolute atomic E-state index is 0.0697. The van der Waals surface area contributed by atoms with Crippen LogP contribution in [0, 0.1) is 12.7 Å². The summed E-state index contributed by atoms with van der Waals surface area (Å²) in [5, 5.41) is 9.71. The summed E-state index contributed by atoms with van der Waals surface area (Å²) in [7, 11) is 0. The second kappa shape index (κ2) is 8.40. The molecule has 1 saturated heterocycles. The fraction of sp³-hybridized carbons (Fsp3) is 0.444. The number of rotatable bonds is 6. The highest BCUT2D eigenvalue weighted by atomic mass is 32.1. The summed E-state index contributed by atoms with van der Waals surface area (Å²) in [4.78, 5) is 6.65. The first kappa shape index (κ1) is 17.8. The van der Waals surface area contributed by atoms with Gasteiger partial charge in [0.1, 0.15) is 17.4 Å². The Morgan fingerprint density at radius 2 is 2.16 bits per heavy atom. The van der Waals surface area contributed by atoms with E-state index in [1.807, 2.05) is 13.0 Å². The van der Waals surface area contributed by atoms with Crippen molar-refractivity contribution in [2.75, 3.05) is 31.2 Å². The van der Waals surface area contributed by atoms with E-state index in [4.69, 9.17) is 9.84 Å². The maximum atomic E-state index is 14.3. The number of piperidine rings is 1. The molecule has 134 valence electrons. The third-order valence-electron chi connectivity index (χ3n) is 4.10. The number of benzene rings is 1. The van der Waals surface area contributed by atoms with Gasteiger partial charge in [0.25, 0.3) is 0 Å². The van der Waals surface area contributed by atoms with Crippen LogP contribution in [-0.4, -0.2) is 40.8 Å². The lowest BCUT2D eigenvalue weighted by Crippen LogP contribution is -2.30. The van der Waals surface area contributed by atoms with Crippen molar-refractivity contribution in [1.29, 1.82) is 0 Å². The normalized spacial score (nSPS) is 14.7. The number of anilines is 1. The molecule has 1 aromatic heterocycles. The highest BCUT2D eigenvalue weighted by molar-refractivity contribution is 7.09. The van der Waals surface area contributed by atoms with Gasteiger partial charge in [0.05, 0.1) is 6.61 Å². The minimum Gasteiger partial charge on any atom is -0.493 e. The number of hydrogen-bond acceptors (Lipinski definition) is 6. The fourth-order valence-electron chi connectivity index (χ4n) is 2.73. The maximum Gasteiger partial charge on any atom is 0.205 e. The molecule has 1 fully saturated rings. The largest absolute Gasteiger partial charge is 0.493 e. The van der Waals surface area contributed by atoms with Gasteiger partial charge in [-0.1, -0.05) is 11.6 Å². The van der Waals surface area contributed by atoms with E-state index in [0.29, 0.717) is 24.3 Å². The van der Waals surface area contributed by atoms with E-state index in [9.17, 15) is 4.39 Å². The van der Waals surface area contributed by atoms with Crippen LogP contribution in [0.3, 0.4) is 0 Å². The molecule has 2 heterocycles. The van der Waals surface area contributed by atoms with Crippen molar-refractivity contribution in [3.05, 3.63) is 41.0 Å². The van der Waals surface area contributed by atoms with E-state index in [1.54, 1.807) is 12.1 Å². The van der Waals surface area contributed by atoms with Crippen LogP contribution >= 0.6 is 11.5 Å². The van der Waals surface area contributed by atoms with Crippen LogP contribution in [0.5, 0.6) is 5.75 Å². The number of ether oxygens (including phenoxy) is 1. The fourth-order valence-corrected chi connectivity index (χ4v) is 3.46. The summed E-state index contributed by atoms with van der Waals surface area (Å²) in [5.74, 6) is 1.02. The molecule has 1 aromatic carbocycles. The Balaban J connectivity index is 1.60. The molecule has 1 N–H and O–H groups in total. The van der Waals surface area contributed by atoms with Gasteiger partial charge in [0.15, 0.2) is 0 Å². The van der Waals surface area contributed by atoms with Gasteiger partial charge in [-0.2, -0.15) is 4.37 Å². The number of nitrogens with zero attached hydrogens (tertiary/aromatic N) is 3. The molecule has 0 atom stereocenters. The molecule has 0 spiro atoms. The number of aliphatic hydroxyl groups is 1. The zero-order chi connectivity index (χ0) is 17.6. The van der Waals surface area contributed by atoms with Crippen molar-refractivity contribution in [2.24, 2.45) is 0 Å². The van der Waals surface area contributed by atoms with Gasteiger partial charge in [-0.25, -0.2) is 9.37 Å². The van der Waals surface area contributed by atoms with E-state index >= 15 is 0 Å². The van der Waals surface area contributed by atoms with Crippen LogP contribution in [0.25, 0.3) is 6.08 Å². The first-order valence-electron chi connectivity index (χ1n) is 8.43. The van der Waals surface area contributed by atoms with E-state index < -0.39 is 0 Å². The Morgan fingerprint density at radius 1 is 1.36 bits per heavy atom. The standard InChI is InChI=1S/C18H22FN3O2S/c1-13-20-18(25-21-13)22-7-5-14(6-8-22)11-15-3-4-16(12-17(15)19)24-10-2-9-23/h3-4,11-12,23H,2,5-10H2,1H3. The number of aromatic nitrogens is 2. The van der Waals surface area contributed by atoms with Crippen LogP contribution in [0.4, 0.5) is 9.52 Å². The number of aliphatic hydroxyl groups excluding tert-OH is 1. The highest BCUT2D eigenvalue weighted by Gasteiger charge is 2.17. The zero-order valence-electron chi connectivity index (χ0n) is 14.2. The molecule has 3 rings (SSSR count). The lowest BCUT2D eigenvalue weighted by atomic mass is 10.0. The van der Waals surface area contributed by atoms with Crippen LogP contribution in [0.15, 0.2) is 23.8 Å². The molecule has 25 heavy (non-hydrogen) atoms. The van der Waals surface area contributed by atoms with Crippen molar-refractivity contribution in [3.63, 3.8) is 0 Å². The molecule has 1 aliphatic heterocycles. The molecule has 7 heteroatoms. The quantitative estimate of drug-likeness (QED) is 0.797. The molecule has 0 amide bonds. The lowest BCUT2D eigenvalue weighted by molar-refractivity contribution is 0.233. The summed E-state index contributed by atoms with van der Waals surface area (Å²) in [6.45, 7) is 4.11. The minimum atomic E-state index is -0.281. The molecule has 5 nitrogen and oxygen atoms in total. The molecule has 0 aliphatic carbocycles. The Hall–Kier alpha value is -1.99. The number of halogens is 1. The molecule has 0 radical (unpaired) electrons. The third-order valence-corrected chi connectivity index (χ3v) is 4.96. The molecule has 0 unspecified atom stereocenters. The number of hydrogen-bond donors (Lipinski definition) is 1. The van der Waals surface area contributed by atoms with Gasteiger partial charge in [-0.05, 0) is 31.9 Å². The summed E-state index contributed by atoms with van der Waals surface area (Å²) >= 11 is 1.43. The van der Waals surface area contributed by atoms with Crippen molar-refractivity contribution >= 4 is 22.7 Å². The van der Waals surface area contributed by atoms with Crippen LogP contribution in [0.2, 0.25) is 0 Å². The Labute approximate surface area is 150 Å². The molecule has 0 saturated carbocycles. The Morgan fingerprint density at radius 3 is 2.80 bits per heavy atom. The third kappa shape index (κ3) is 4.76. The molecular weight excluding hydrogens is 341 g/mol. The lowest BCUT2D eigenvalue weighted by Gasteiger charge is -2.27. The second-order valence-electron chi connectivity index (χ2n) is 6.02. The van der Waals surface area contributed by atoms with Crippen molar-refractivity contribution in [3.8, 4) is 5.75 Å². The van der Waals surface area contributed by atoms with Crippen molar-refractivity contribution < 1.29 is 14.2 Å². The molecular formula is C18H22FN3O2S. The maximum absolute atomic E-state index is 14.3. The summed E-state index contributed by atoms with van der Waals surface area (Å²) in [6.07, 6.45) is 4.27. The second-order valence-corrected chi connectivity index (χ2v) is 6.75. The van der Waals surface area contributed by atoms with E-state index in [1.165, 1.54) is 23.2 Å². The summed E-state index contributed by atoms with van der Waals surface area (Å²) in [5.41, 5.74) is 1.83. The molecule has 1 aliphatic rings. The van der Waals surface area contributed by atoms with E-state index in [-0.39, 0.29) is 12.4 Å². The van der Waals surface area contributed by atoms with Gasteiger partial charge >= 0.3 is 0 Å². The zero-order valence-corrected chi connectivity index (χ0v) is 15.1. The molecule has 0 bridgehead atoms. The highest BCUT2D eigenvalue weighted by Crippen LogP contribution is 2.27. The predicted molar refractivity (Wildman–Crippen MR) is 97.7 cm³/mol. The van der Waals surface area contributed by atoms with Crippen molar-refractivity contribution in [1.82, 2.24) is 9.36 Å². The SMILES string of the molecule is Cc1nsc(N2CCC(=Cc3ccc(OCCCO)cc3F)CC2)n1. The average Bonchev–Trinajstić information content (AvgIpc) is 3.04. The monoisotopic (exact) mass is 363 g/mol. The van der Waals surface area contributed by atoms with Gasteiger partial charge in [-0.15, -0.1) is 0 Å². The van der Waals surface area contributed by atoms with Crippen LogP contribution in [-0.2, 0) is 0 Å². The van der Waals surface area contributed by atoms with Crippen molar-refractivity contribution in [2.45, 2.75) is 26.2 Å². The van der Waals surface area contributed by atoms with Gasteiger partial charge in [-0.3, -0.25) is 0 Å². The average molecular weight is 363 g/mol. The first-order chi connectivity index (χ1) is 12.2. The first-order valence-corrected chi connectivity index (χ1v) is 9.21.